The molecule has 0 aromatic carbocycles. The zero-order valence-electron chi connectivity index (χ0n) is 12.3. The van der Waals surface area contributed by atoms with Gasteiger partial charge in [0, 0.05) is 31.8 Å². The third-order valence-corrected chi connectivity index (χ3v) is 5.05. The quantitative estimate of drug-likeness (QED) is 0.842. The van der Waals surface area contributed by atoms with Gasteiger partial charge in [-0.3, -0.25) is 0 Å². The van der Waals surface area contributed by atoms with Crippen molar-refractivity contribution >= 4 is 11.9 Å². The van der Waals surface area contributed by atoms with Gasteiger partial charge >= 0.3 is 0 Å². The molecule has 1 aliphatic carbocycles. The normalized spacial score (nSPS) is 29.9. The van der Waals surface area contributed by atoms with Crippen molar-refractivity contribution in [3.8, 4) is 0 Å². The molecule has 3 rings (SSSR count). The zero-order chi connectivity index (χ0) is 14.0. The van der Waals surface area contributed by atoms with Crippen LogP contribution in [0.5, 0.6) is 0 Å². The second-order valence-corrected chi connectivity index (χ2v) is 6.16. The number of aromatic nitrogens is 1. The molecule has 2 atom stereocenters. The number of nitrogens with zero attached hydrogens (tertiary/aromatic N) is 2. The Labute approximate surface area is 121 Å². The van der Waals surface area contributed by atoms with Crippen molar-refractivity contribution in [1.82, 2.24) is 4.98 Å². The van der Waals surface area contributed by atoms with Crippen molar-refractivity contribution < 1.29 is 4.74 Å². The van der Waals surface area contributed by atoms with Gasteiger partial charge in [0.05, 0.1) is 6.10 Å². The second-order valence-electron chi connectivity index (χ2n) is 6.16. The lowest BCUT2D eigenvalue weighted by Gasteiger charge is -2.44. The van der Waals surface area contributed by atoms with Gasteiger partial charge in [0.1, 0.15) is 5.82 Å². The molecule has 2 fully saturated rings. The Balaban J connectivity index is 1.79. The molecule has 0 N–H and O–H groups in total. The molecule has 1 saturated carbocycles. The SMILES string of the molecule is C=Cc1ccc(N2CCC[C@]3(CCC[C@H]3OC)C2)nc1. The van der Waals surface area contributed by atoms with Crippen LogP contribution < -0.4 is 4.90 Å². The summed E-state index contributed by atoms with van der Waals surface area (Å²) in [6.45, 7) is 5.98. The Morgan fingerprint density at radius 3 is 2.95 bits per heavy atom. The minimum atomic E-state index is 0.353. The maximum atomic E-state index is 5.76. The molecule has 1 saturated heterocycles. The molecule has 0 radical (unpaired) electrons. The maximum absolute atomic E-state index is 5.76. The van der Waals surface area contributed by atoms with Crippen LogP contribution in [0.2, 0.25) is 0 Å². The monoisotopic (exact) mass is 272 g/mol. The fraction of sp³-hybridized carbons (Fsp3) is 0.588. The molecule has 3 heteroatoms. The molecular formula is C17H24N2O. The Bertz CT molecular complexity index is 470. The summed E-state index contributed by atoms with van der Waals surface area (Å²) < 4.78 is 5.76. The van der Waals surface area contributed by atoms with E-state index in [0.29, 0.717) is 11.5 Å². The Morgan fingerprint density at radius 1 is 1.40 bits per heavy atom. The molecule has 1 spiro atoms. The minimum Gasteiger partial charge on any atom is -0.381 e. The van der Waals surface area contributed by atoms with E-state index in [1.165, 1.54) is 32.1 Å². The third kappa shape index (κ3) is 2.35. The fourth-order valence-corrected chi connectivity index (χ4v) is 4.00. The molecule has 1 aliphatic heterocycles. The van der Waals surface area contributed by atoms with Gasteiger partial charge in [0.2, 0.25) is 0 Å². The van der Waals surface area contributed by atoms with Crippen LogP contribution in [0, 0.1) is 5.41 Å². The van der Waals surface area contributed by atoms with E-state index in [-0.39, 0.29) is 0 Å². The lowest BCUT2D eigenvalue weighted by atomic mass is 9.76. The molecule has 108 valence electrons. The first kappa shape index (κ1) is 13.6. The van der Waals surface area contributed by atoms with Crippen LogP contribution in [0.25, 0.3) is 6.08 Å². The van der Waals surface area contributed by atoms with Crippen molar-refractivity contribution in [2.45, 2.75) is 38.2 Å². The van der Waals surface area contributed by atoms with Crippen molar-refractivity contribution in [2.24, 2.45) is 5.41 Å². The molecule has 1 aromatic rings. The van der Waals surface area contributed by atoms with Gasteiger partial charge in [-0.2, -0.15) is 0 Å². The molecule has 1 aromatic heterocycles. The number of ether oxygens (including phenoxy) is 1. The van der Waals surface area contributed by atoms with E-state index < -0.39 is 0 Å². The predicted molar refractivity (Wildman–Crippen MR) is 82.9 cm³/mol. The number of pyridine rings is 1. The second kappa shape index (κ2) is 5.57. The van der Waals surface area contributed by atoms with Gasteiger partial charge in [-0.05, 0) is 43.4 Å². The van der Waals surface area contributed by atoms with Crippen LogP contribution in [-0.4, -0.2) is 31.3 Å². The van der Waals surface area contributed by atoms with E-state index in [1.54, 1.807) is 0 Å². The molecule has 3 nitrogen and oxygen atoms in total. The highest BCUT2D eigenvalue weighted by molar-refractivity contribution is 5.50. The van der Waals surface area contributed by atoms with Crippen LogP contribution in [0.3, 0.4) is 0 Å². The summed E-state index contributed by atoms with van der Waals surface area (Å²) in [5, 5.41) is 0. The Morgan fingerprint density at radius 2 is 2.25 bits per heavy atom. The summed E-state index contributed by atoms with van der Waals surface area (Å²) in [5.41, 5.74) is 1.43. The summed E-state index contributed by atoms with van der Waals surface area (Å²) in [4.78, 5) is 7.03. The number of rotatable bonds is 3. The molecule has 0 bridgehead atoms. The van der Waals surface area contributed by atoms with E-state index in [9.17, 15) is 0 Å². The number of piperidine rings is 1. The molecule has 0 amide bonds. The van der Waals surface area contributed by atoms with E-state index in [2.05, 4.69) is 28.6 Å². The van der Waals surface area contributed by atoms with E-state index in [0.717, 1.165) is 24.5 Å². The Kier molecular flexibility index (Phi) is 3.79. The highest BCUT2D eigenvalue weighted by atomic mass is 16.5. The van der Waals surface area contributed by atoms with Crippen LogP contribution in [0.4, 0.5) is 5.82 Å². The maximum Gasteiger partial charge on any atom is 0.128 e. The summed E-state index contributed by atoms with van der Waals surface area (Å²) >= 11 is 0. The third-order valence-electron chi connectivity index (χ3n) is 5.05. The van der Waals surface area contributed by atoms with Gasteiger partial charge in [-0.15, -0.1) is 0 Å². The number of anilines is 1. The molecular weight excluding hydrogens is 248 g/mol. The van der Waals surface area contributed by atoms with Crippen molar-refractivity contribution in [2.75, 3.05) is 25.1 Å². The molecule has 2 aliphatic rings. The van der Waals surface area contributed by atoms with Gasteiger partial charge in [-0.1, -0.05) is 19.1 Å². The van der Waals surface area contributed by atoms with Gasteiger partial charge in [-0.25, -0.2) is 4.98 Å². The van der Waals surface area contributed by atoms with Gasteiger partial charge in [0.15, 0.2) is 0 Å². The van der Waals surface area contributed by atoms with E-state index >= 15 is 0 Å². The number of hydrogen-bond donors (Lipinski definition) is 0. The van der Waals surface area contributed by atoms with Crippen molar-refractivity contribution in [3.05, 3.63) is 30.5 Å². The summed E-state index contributed by atoms with van der Waals surface area (Å²) in [7, 11) is 1.87. The van der Waals surface area contributed by atoms with Crippen LogP contribution in [0.15, 0.2) is 24.9 Å². The average molecular weight is 272 g/mol. The van der Waals surface area contributed by atoms with E-state index in [1.807, 2.05) is 19.4 Å². The first-order valence-electron chi connectivity index (χ1n) is 7.64. The highest BCUT2D eigenvalue weighted by Crippen LogP contribution is 2.46. The van der Waals surface area contributed by atoms with Gasteiger partial charge in [0.25, 0.3) is 0 Å². The fourth-order valence-electron chi connectivity index (χ4n) is 4.00. The zero-order valence-corrected chi connectivity index (χ0v) is 12.3. The van der Waals surface area contributed by atoms with Crippen molar-refractivity contribution in [3.63, 3.8) is 0 Å². The molecule has 20 heavy (non-hydrogen) atoms. The summed E-state index contributed by atoms with van der Waals surface area (Å²) in [6.07, 6.45) is 10.5. The number of methoxy groups -OCH3 is 1. The Hall–Kier alpha value is -1.35. The average Bonchev–Trinajstić information content (AvgIpc) is 2.89. The lowest BCUT2D eigenvalue weighted by Crippen LogP contribution is -2.48. The van der Waals surface area contributed by atoms with Crippen LogP contribution in [-0.2, 0) is 4.74 Å². The number of hydrogen-bond acceptors (Lipinski definition) is 3. The summed E-state index contributed by atoms with van der Waals surface area (Å²) in [5.74, 6) is 1.09. The van der Waals surface area contributed by atoms with Crippen LogP contribution in [0.1, 0.15) is 37.7 Å². The highest BCUT2D eigenvalue weighted by Gasteiger charge is 2.45. The predicted octanol–water partition coefficient (Wildman–Crippen LogP) is 3.51. The molecule has 2 heterocycles. The summed E-state index contributed by atoms with van der Waals surface area (Å²) in [6, 6.07) is 4.21. The van der Waals surface area contributed by atoms with Gasteiger partial charge < -0.3 is 9.64 Å². The van der Waals surface area contributed by atoms with E-state index in [4.69, 9.17) is 4.74 Å². The smallest absolute Gasteiger partial charge is 0.128 e. The van der Waals surface area contributed by atoms with Crippen molar-refractivity contribution in [1.29, 1.82) is 0 Å². The topological polar surface area (TPSA) is 25.4 Å². The lowest BCUT2D eigenvalue weighted by molar-refractivity contribution is 0.00216. The standard InChI is InChI=1S/C17H24N2O/c1-3-14-7-8-16(18-12-14)19-11-5-10-17(13-19)9-4-6-15(17)20-2/h3,7-8,12,15H,1,4-6,9-11,13H2,2H3/t15-,17-/m1/s1. The minimum absolute atomic E-state index is 0.353. The molecule has 0 unspecified atom stereocenters. The first-order valence-corrected chi connectivity index (χ1v) is 7.64. The first-order chi connectivity index (χ1) is 9.77. The van der Waals surface area contributed by atoms with Crippen LogP contribution >= 0.6 is 0 Å². The largest absolute Gasteiger partial charge is 0.381 e.